The molecule has 0 aromatic heterocycles. The first kappa shape index (κ1) is 13.9. The quantitative estimate of drug-likeness (QED) is 0.826. The second kappa shape index (κ2) is 5.98. The van der Waals surface area contributed by atoms with Crippen LogP contribution in [-0.4, -0.2) is 17.4 Å². The minimum atomic E-state index is -0.145. The third kappa shape index (κ3) is 3.98. The van der Waals surface area contributed by atoms with Crippen LogP contribution in [0, 0.1) is 12.8 Å². The number of carbonyl (C=O) groups is 1. The third-order valence-corrected chi connectivity index (χ3v) is 3.30. The predicted molar refractivity (Wildman–Crippen MR) is 74.5 cm³/mol. The molecule has 3 nitrogen and oxygen atoms in total. The molecular formula is C12H15ClN2OS. The van der Waals surface area contributed by atoms with E-state index in [9.17, 15) is 4.79 Å². The minimum absolute atomic E-state index is 0.0117. The first-order chi connectivity index (χ1) is 7.91. The summed E-state index contributed by atoms with van der Waals surface area (Å²) in [7, 11) is 0. The van der Waals surface area contributed by atoms with Gasteiger partial charge in [0.05, 0.1) is 4.99 Å². The Morgan fingerprint density at radius 2 is 2.24 bits per heavy atom. The van der Waals surface area contributed by atoms with Crippen molar-refractivity contribution in [2.45, 2.75) is 13.8 Å². The third-order valence-electron chi connectivity index (χ3n) is 2.47. The lowest BCUT2D eigenvalue weighted by Crippen LogP contribution is -2.33. The Kier molecular flexibility index (Phi) is 4.90. The summed E-state index contributed by atoms with van der Waals surface area (Å²) in [6.07, 6.45) is 0. The van der Waals surface area contributed by atoms with Crippen molar-refractivity contribution < 1.29 is 4.79 Å². The van der Waals surface area contributed by atoms with Gasteiger partial charge in [0.1, 0.15) is 0 Å². The molecule has 17 heavy (non-hydrogen) atoms. The van der Waals surface area contributed by atoms with Crippen LogP contribution in [0.15, 0.2) is 18.2 Å². The Balaban J connectivity index is 2.64. The van der Waals surface area contributed by atoms with Crippen molar-refractivity contribution in [1.29, 1.82) is 0 Å². The topological polar surface area (TPSA) is 55.1 Å². The number of thiocarbonyl (C=S) groups is 1. The highest BCUT2D eigenvalue weighted by Crippen LogP contribution is 2.16. The molecule has 0 aliphatic rings. The molecule has 1 atom stereocenters. The monoisotopic (exact) mass is 270 g/mol. The Labute approximate surface area is 111 Å². The van der Waals surface area contributed by atoms with Gasteiger partial charge in [0, 0.05) is 23.0 Å². The number of rotatable bonds is 4. The van der Waals surface area contributed by atoms with Gasteiger partial charge < -0.3 is 11.1 Å². The highest BCUT2D eigenvalue weighted by atomic mass is 35.5. The Hall–Kier alpha value is -1.13. The predicted octanol–water partition coefficient (Wildman–Crippen LogP) is 2.30. The lowest BCUT2D eigenvalue weighted by Gasteiger charge is -2.11. The molecule has 0 saturated heterocycles. The number of halogens is 1. The number of benzene rings is 1. The molecule has 0 bridgehead atoms. The molecule has 1 amide bonds. The Morgan fingerprint density at radius 1 is 1.59 bits per heavy atom. The molecule has 0 aliphatic heterocycles. The van der Waals surface area contributed by atoms with Gasteiger partial charge in [0.15, 0.2) is 0 Å². The van der Waals surface area contributed by atoms with Crippen LogP contribution in [-0.2, 0) is 0 Å². The fourth-order valence-corrected chi connectivity index (χ4v) is 1.44. The lowest BCUT2D eigenvalue weighted by molar-refractivity contribution is 0.0951. The molecule has 0 radical (unpaired) electrons. The van der Waals surface area contributed by atoms with Gasteiger partial charge in [-0.3, -0.25) is 4.79 Å². The van der Waals surface area contributed by atoms with Crippen LogP contribution in [0.3, 0.4) is 0 Å². The van der Waals surface area contributed by atoms with Gasteiger partial charge in [-0.15, -0.1) is 0 Å². The Bertz CT molecular complexity index is 448. The van der Waals surface area contributed by atoms with E-state index in [0.717, 1.165) is 5.56 Å². The van der Waals surface area contributed by atoms with E-state index in [0.29, 0.717) is 22.1 Å². The van der Waals surface area contributed by atoms with Crippen LogP contribution < -0.4 is 11.1 Å². The van der Waals surface area contributed by atoms with E-state index in [4.69, 9.17) is 29.6 Å². The van der Waals surface area contributed by atoms with Crippen LogP contribution in [0.25, 0.3) is 0 Å². The number of nitrogens with one attached hydrogen (secondary N) is 1. The van der Waals surface area contributed by atoms with E-state index in [-0.39, 0.29) is 11.8 Å². The zero-order chi connectivity index (χ0) is 13.0. The van der Waals surface area contributed by atoms with Crippen LogP contribution in [0.2, 0.25) is 5.02 Å². The normalized spacial score (nSPS) is 11.9. The zero-order valence-electron chi connectivity index (χ0n) is 9.79. The van der Waals surface area contributed by atoms with E-state index < -0.39 is 0 Å². The summed E-state index contributed by atoms with van der Waals surface area (Å²) in [6, 6.07) is 5.15. The first-order valence-electron chi connectivity index (χ1n) is 5.25. The summed E-state index contributed by atoms with van der Waals surface area (Å²) < 4.78 is 0. The molecule has 92 valence electrons. The Morgan fingerprint density at radius 3 is 2.76 bits per heavy atom. The smallest absolute Gasteiger partial charge is 0.251 e. The molecule has 0 heterocycles. The van der Waals surface area contributed by atoms with Gasteiger partial charge in [-0.2, -0.15) is 0 Å². The van der Waals surface area contributed by atoms with Gasteiger partial charge in [-0.1, -0.05) is 30.7 Å². The highest BCUT2D eigenvalue weighted by Gasteiger charge is 2.10. The summed E-state index contributed by atoms with van der Waals surface area (Å²) in [5.41, 5.74) is 6.93. The van der Waals surface area contributed by atoms with E-state index >= 15 is 0 Å². The van der Waals surface area contributed by atoms with E-state index in [1.54, 1.807) is 18.2 Å². The summed E-state index contributed by atoms with van der Waals surface area (Å²) in [4.78, 5) is 12.2. The highest BCUT2D eigenvalue weighted by molar-refractivity contribution is 7.80. The maximum Gasteiger partial charge on any atom is 0.251 e. The van der Waals surface area contributed by atoms with E-state index in [1.165, 1.54) is 0 Å². The zero-order valence-corrected chi connectivity index (χ0v) is 11.4. The number of carbonyl (C=O) groups excluding carboxylic acids is 1. The average molecular weight is 271 g/mol. The molecule has 0 spiro atoms. The number of amides is 1. The van der Waals surface area contributed by atoms with E-state index in [1.807, 2.05) is 13.8 Å². The van der Waals surface area contributed by atoms with Gasteiger partial charge in [-0.05, 0) is 30.7 Å². The van der Waals surface area contributed by atoms with Crippen molar-refractivity contribution in [3.8, 4) is 0 Å². The van der Waals surface area contributed by atoms with Crippen LogP contribution in [0.1, 0.15) is 22.8 Å². The van der Waals surface area contributed by atoms with Crippen molar-refractivity contribution >= 4 is 34.7 Å². The van der Waals surface area contributed by atoms with E-state index in [2.05, 4.69) is 5.32 Å². The summed E-state index contributed by atoms with van der Waals surface area (Å²) >= 11 is 10.7. The molecule has 3 N–H and O–H groups in total. The van der Waals surface area contributed by atoms with Gasteiger partial charge in [0.2, 0.25) is 0 Å². The molecule has 1 rings (SSSR count). The first-order valence-corrected chi connectivity index (χ1v) is 6.04. The fourth-order valence-electron chi connectivity index (χ4n) is 1.23. The standard InChI is InChI=1S/C12H15ClN2OS/c1-7-5-9(3-4-10(7)13)12(16)15-6-8(2)11(14)17/h3-5,8H,6H2,1-2H3,(H2,14,17)(H,15,16). The van der Waals surface area contributed by atoms with Crippen molar-refractivity contribution in [3.63, 3.8) is 0 Å². The number of nitrogens with two attached hydrogens (primary N) is 1. The van der Waals surface area contributed by atoms with Crippen molar-refractivity contribution in [3.05, 3.63) is 34.3 Å². The van der Waals surface area contributed by atoms with Crippen LogP contribution in [0.5, 0.6) is 0 Å². The largest absolute Gasteiger partial charge is 0.393 e. The molecule has 1 aromatic carbocycles. The molecule has 5 heteroatoms. The van der Waals surface area contributed by atoms with Crippen molar-refractivity contribution in [2.24, 2.45) is 11.7 Å². The second-order valence-electron chi connectivity index (χ2n) is 3.98. The van der Waals surface area contributed by atoms with Crippen molar-refractivity contribution in [2.75, 3.05) is 6.54 Å². The number of hydrogen-bond acceptors (Lipinski definition) is 2. The summed E-state index contributed by atoms with van der Waals surface area (Å²) in [6.45, 7) is 4.17. The van der Waals surface area contributed by atoms with Gasteiger partial charge in [0.25, 0.3) is 5.91 Å². The van der Waals surface area contributed by atoms with Gasteiger partial charge >= 0.3 is 0 Å². The second-order valence-corrected chi connectivity index (χ2v) is 4.86. The van der Waals surface area contributed by atoms with Crippen LogP contribution >= 0.6 is 23.8 Å². The molecule has 0 aliphatic carbocycles. The number of aryl methyl sites for hydroxylation is 1. The molecular weight excluding hydrogens is 256 g/mol. The average Bonchev–Trinajstić information content (AvgIpc) is 2.28. The SMILES string of the molecule is Cc1cc(C(=O)NCC(C)C(N)=S)ccc1Cl. The van der Waals surface area contributed by atoms with Gasteiger partial charge in [-0.25, -0.2) is 0 Å². The van der Waals surface area contributed by atoms with Crippen LogP contribution in [0.4, 0.5) is 0 Å². The summed E-state index contributed by atoms with van der Waals surface area (Å²) in [5.74, 6) is -0.157. The maximum absolute atomic E-state index is 11.8. The fraction of sp³-hybridized carbons (Fsp3) is 0.333. The minimum Gasteiger partial charge on any atom is -0.393 e. The summed E-state index contributed by atoms with van der Waals surface area (Å²) in [5, 5.41) is 3.43. The molecule has 0 fully saturated rings. The number of hydrogen-bond donors (Lipinski definition) is 2. The lowest BCUT2D eigenvalue weighted by atomic mass is 10.1. The molecule has 1 unspecified atom stereocenters. The van der Waals surface area contributed by atoms with Crippen molar-refractivity contribution in [1.82, 2.24) is 5.32 Å². The molecule has 1 aromatic rings. The molecule has 0 saturated carbocycles. The maximum atomic E-state index is 11.8.